The lowest BCUT2D eigenvalue weighted by Gasteiger charge is -2.36. The first kappa shape index (κ1) is 12.5. The Kier molecular flexibility index (Phi) is 4.09. The van der Waals surface area contributed by atoms with Gasteiger partial charge in [-0.2, -0.15) is 4.98 Å². The van der Waals surface area contributed by atoms with Crippen molar-refractivity contribution in [1.29, 1.82) is 0 Å². The minimum absolute atomic E-state index is 0.174. The Balaban J connectivity index is 1.88. The topological polar surface area (TPSA) is 65.6 Å². The van der Waals surface area contributed by atoms with Crippen molar-refractivity contribution in [2.24, 2.45) is 0 Å². The largest absolute Gasteiger partial charge is 0.395 e. The smallest absolute Gasteiger partial charge is 0.243 e. The van der Waals surface area contributed by atoms with E-state index < -0.39 is 0 Å². The number of nitrogens with zero attached hydrogens (tertiary/aromatic N) is 4. The van der Waals surface area contributed by atoms with Gasteiger partial charge in [-0.15, -0.1) is 0 Å². The number of aryl methyl sites for hydroxylation is 1. The summed E-state index contributed by atoms with van der Waals surface area (Å²) in [5.74, 6) is 1.38. The highest BCUT2D eigenvalue weighted by molar-refractivity contribution is 4.91. The van der Waals surface area contributed by atoms with Crippen molar-refractivity contribution < 1.29 is 9.63 Å². The summed E-state index contributed by atoms with van der Waals surface area (Å²) in [5, 5.41) is 12.7. The van der Waals surface area contributed by atoms with E-state index in [0.717, 1.165) is 32.7 Å². The Labute approximate surface area is 101 Å². The molecule has 6 nitrogen and oxygen atoms in total. The molecule has 17 heavy (non-hydrogen) atoms. The van der Waals surface area contributed by atoms with Crippen molar-refractivity contribution in [2.45, 2.75) is 19.9 Å². The van der Waals surface area contributed by atoms with Gasteiger partial charge >= 0.3 is 0 Å². The Hall–Kier alpha value is -0.980. The van der Waals surface area contributed by atoms with Gasteiger partial charge in [-0.3, -0.25) is 9.80 Å². The van der Waals surface area contributed by atoms with Gasteiger partial charge in [0.05, 0.1) is 12.6 Å². The van der Waals surface area contributed by atoms with Crippen LogP contribution in [0.3, 0.4) is 0 Å². The summed E-state index contributed by atoms with van der Waals surface area (Å²) in [4.78, 5) is 8.87. The highest BCUT2D eigenvalue weighted by Gasteiger charge is 2.24. The molecule has 1 aliphatic heterocycles. The Morgan fingerprint density at radius 2 is 2.06 bits per heavy atom. The molecular formula is C11H20N4O2. The van der Waals surface area contributed by atoms with Crippen LogP contribution in [0.5, 0.6) is 0 Å². The second-order valence-corrected chi connectivity index (χ2v) is 4.46. The number of rotatable bonds is 4. The maximum atomic E-state index is 8.89. The van der Waals surface area contributed by atoms with E-state index in [1.54, 1.807) is 0 Å². The normalized spacial score (nSPS) is 20.6. The zero-order valence-electron chi connectivity index (χ0n) is 10.5. The van der Waals surface area contributed by atoms with Gasteiger partial charge in [0.2, 0.25) is 5.89 Å². The Morgan fingerprint density at radius 3 is 2.59 bits per heavy atom. The van der Waals surface area contributed by atoms with E-state index in [0.29, 0.717) is 11.7 Å². The second-order valence-electron chi connectivity index (χ2n) is 4.46. The van der Waals surface area contributed by atoms with Gasteiger partial charge in [-0.05, 0) is 13.8 Å². The molecule has 0 saturated carbocycles. The van der Waals surface area contributed by atoms with Gasteiger partial charge in [-0.25, -0.2) is 0 Å². The summed E-state index contributed by atoms with van der Waals surface area (Å²) in [7, 11) is 0. The number of piperazine rings is 1. The van der Waals surface area contributed by atoms with Crippen molar-refractivity contribution >= 4 is 0 Å². The molecule has 0 unspecified atom stereocenters. The van der Waals surface area contributed by atoms with E-state index in [9.17, 15) is 0 Å². The number of aromatic nitrogens is 2. The van der Waals surface area contributed by atoms with Crippen LogP contribution in [0.2, 0.25) is 0 Å². The van der Waals surface area contributed by atoms with Crippen molar-refractivity contribution in [3.8, 4) is 0 Å². The number of aliphatic hydroxyl groups excluding tert-OH is 1. The number of hydrogen-bond acceptors (Lipinski definition) is 6. The molecule has 96 valence electrons. The first-order valence-electron chi connectivity index (χ1n) is 6.08. The molecule has 0 bridgehead atoms. The van der Waals surface area contributed by atoms with Crippen molar-refractivity contribution in [3.63, 3.8) is 0 Å². The first-order chi connectivity index (χ1) is 8.20. The predicted octanol–water partition coefficient (Wildman–Crippen LogP) is 0.0489. The van der Waals surface area contributed by atoms with Gasteiger partial charge < -0.3 is 9.63 Å². The SMILES string of the molecule is Cc1noc([C@@H](C)N2CCN(CCO)CC2)n1. The van der Waals surface area contributed by atoms with Gasteiger partial charge in [0, 0.05) is 32.7 Å². The minimum atomic E-state index is 0.174. The Morgan fingerprint density at radius 1 is 1.35 bits per heavy atom. The van der Waals surface area contributed by atoms with Crippen LogP contribution in [0.25, 0.3) is 0 Å². The average Bonchev–Trinajstić information content (AvgIpc) is 2.76. The van der Waals surface area contributed by atoms with Gasteiger partial charge in [0.25, 0.3) is 0 Å². The van der Waals surface area contributed by atoms with Crippen LogP contribution in [0, 0.1) is 6.92 Å². The molecule has 0 aliphatic carbocycles. The monoisotopic (exact) mass is 240 g/mol. The van der Waals surface area contributed by atoms with Crippen LogP contribution >= 0.6 is 0 Å². The highest BCUT2D eigenvalue weighted by Crippen LogP contribution is 2.19. The molecule has 6 heteroatoms. The number of β-amino-alcohol motifs (C(OH)–C–C–N with tert-alkyl or cyclic N) is 1. The van der Waals surface area contributed by atoms with E-state index in [1.807, 2.05) is 6.92 Å². The quantitative estimate of drug-likeness (QED) is 0.802. The molecule has 2 heterocycles. The molecule has 0 aromatic carbocycles. The molecule has 0 spiro atoms. The molecule has 1 saturated heterocycles. The van der Waals surface area contributed by atoms with Crippen LogP contribution in [0.4, 0.5) is 0 Å². The summed E-state index contributed by atoms with van der Waals surface area (Å²) >= 11 is 0. The summed E-state index contributed by atoms with van der Waals surface area (Å²) in [6.45, 7) is 8.84. The third-order valence-electron chi connectivity index (χ3n) is 3.27. The second kappa shape index (κ2) is 5.57. The molecule has 0 radical (unpaired) electrons. The standard InChI is InChI=1S/C11H20N4O2/c1-9(11-12-10(2)13-17-11)15-5-3-14(4-6-15)7-8-16/h9,16H,3-8H2,1-2H3/t9-/m1/s1. The fourth-order valence-electron chi connectivity index (χ4n) is 2.15. The van der Waals surface area contributed by atoms with E-state index in [1.165, 1.54) is 0 Å². The molecule has 1 N–H and O–H groups in total. The average molecular weight is 240 g/mol. The number of aliphatic hydroxyl groups is 1. The van der Waals surface area contributed by atoms with Gasteiger partial charge in [0.15, 0.2) is 5.82 Å². The number of hydrogen-bond donors (Lipinski definition) is 1. The zero-order chi connectivity index (χ0) is 12.3. The lowest BCUT2D eigenvalue weighted by atomic mass is 10.2. The first-order valence-corrected chi connectivity index (χ1v) is 6.08. The van der Waals surface area contributed by atoms with Crippen LogP contribution in [0.1, 0.15) is 24.7 Å². The summed E-state index contributed by atoms with van der Waals surface area (Å²) < 4.78 is 5.20. The summed E-state index contributed by atoms with van der Waals surface area (Å²) in [6.07, 6.45) is 0. The van der Waals surface area contributed by atoms with Crippen molar-refractivity contribution in [1.82, 2.24) is 19.9 Å². The molecule has 1 fully saturated rings. The van der Waals surface area contributed by atoms with E-state index in [-0.39, 0.29) is 12.6 Å². The predicted molar refractivity (Wildman–Crippen MR) is 62.5 cm³/mol. The maximum absolute atomic E-state index is 8.89. The van der Waals surface area contributed by atoms with E-state index >= 15 is 0 Å². The zero-order valence-corrected chi connectivity index (χ0v) is 10.5. The molecule has 1 aliphatic rings. The third kappa shape index (κ3) is 3.02. The van der Waals surface area contributed by atoms with Crippen LogP contribution < -0.4 is 0 Å². The third-order valence-corrected chi connectivity index (χ3v) is 3.27. The molecule has 1 atom stereocenters. The Bertz CT molecular complexity index is 347. The van der Waals surface area contributed by atoms with Gasteiger partial charge in [-0.1, -0.05) is 5.16 Å². The molecule has 1 aromatic rings. The van der Waals surface area contributed by atoms with Crippen molar-refractivity contribution in [3.05, 3.63) is 11.7 Å². The van der Waals surface area contributed by atoms with Crippen LogP contribution in [-0.2, 0) is 0 Å². The van der Waals surface area contributed by atoms with E-state index in [4.69, 9.17) is 9.63 Å². The van der Waals surface area contributed by atoms with E-state index in [2.05, 4.69) is 26.9 Å². The fourth-order valence-corrected chi connectivity index (χ4v) is 2.15. The minimum Gasteiger partial charge on any atom is -0.395 e. The molecule has 1 aromatic heterocycles. The lowest BCUT2D eigenvalue weighted by molar-refractivity contribution is 0.0776. The molecular weight excluding hydrogens is 220 g/mol. The fraction of sp³-hybridized carbons (Fsp3) is 0.818. The van der Waals surface area contributed by atoms with Crippen LogP contribution in [0.15, 0.2) is 4.52 Å². The lowest BCUT2D eigenvalue weighted by Crippen LogP contribution is -2.47. The van der Waals surface area contributed by atoms with Crippen LogP contribution in [-0.4, -0.2) is 64.4 Å². The summed E-state index contributed by atoms with van der Waals surface area (Å²) in [5.41, 5.74) is 0. The molecule has 2 rings (SSSR count). The molecule has 0 amide bonds. The maximum Gasteiger partial charge on any atom is 0.243 e. The summed E-state index contributed by atoms with van der Waals surface area (Å²) in [6, 6.07) is 0.174. The highest BCUT2D eigenvalue weighted by atomic mass is 16.5. The van der Waals surface area contributed by atoms with Crippen molar-refractivity contribution in [2.75, 3.05) is 39.3 Å². The van der Waals surface area contributed by atoms with Gasteiger partial charge in [0.1, 0.15) is 0 Å².